The third-order valence-electron chi connectivity index (χ3n) is 2.80. The van der Waals surface area contributed by atoms with Crippen molar-refractivity contribution in [2.45, 2.75) is 26.6 Å². The Labute approximate surface area is 107 Å². The second-order valence-electron chi connectivity index (χ2n) is 3.79. The van der Waals surface area contributed by atoms with Gasteiger partial charge in [0.05, 0.1) is 13.7 Å². The molecule has 0 saturated heterocycles. The maximum atomic E-state index is 12.1. The number of imidazole rings is 1. The van der Waals surface area contributed by atoms with Gasteiger partial charge in [-0.1, -0.05) is 0 Å². The summed E-state index contributed by atoms with van der Waals surface area (Å²) in [5.74, 6) is -1.19. The van der Waals surface area contributed by atoms with Gasteiger partial charge < -0.3 is 14.2 Å². The number of hydrogen-bond donors (Lipinski definition) is 1. The van der Waals surface area contributed by atoms with Crippen LogP contribution < -0.4 is 4.57 Å². The molecule has 1 N–H and O–H groups in total. The molecule has 0 aliphatic rings. The lowest BCUT2D eigenvalue weighted by atomic mass is 10.2. The number of nitrogens with zero attached hydrogens (tertiary/aromatic N) is 1. The van der Waals surface area contributed by atoms with Crippen molar-refractivity contribution in [1.29, 1.82) is 0 Å². The van der Waals surface area contributed by atoms with E-state index in [1.54, 1.807) is 24.6 Å². The van der Waals surface area contributed by atoms with Crippen molar-refractivity contribution in [2.75, 3.05) is 20.3 Å². The Morgan fingerprint density at radius 2 is 2.11 bits per heavy atom. The van der Waals surface area contributed by atoms with Gasteiger partial charge in [-0.2, -0.15) is 0 Å². The average Bonchev–Trinajstić information content (AvgIpc) is 2.68. The molecule has 0 radical (unpaired) electrons. The normalized spacial score (nSPS) is 14.3. The van der Waals surface area contributed by atoms with Crippen LogP contribution in [0.15, 0.2) is 6.20 Å². The number of rotatable bonds is 6. The maximum Gasteiger partial charge on any atom is 0.376 e. The molecule has 1 aromatic rings. The molecule has 0 fully saturated rings. The molecule has 1 atom stereocenters. The second-order valence-corrected chi connectivity index (χ2v) is 3.79. The number of ether oxygens (including phenoxy) is 3. The van der Waals surface area contributed by atoms with E-state index >= 15 is 0 Å². The highest BCUT2D eigenvalue weighted by Gasteiger charge is 2.49. The van der Waals surface area contributed by atoms with Crippen molar-refractivity contribution >= 4 is 5.97 Å². The molecular weight excluding hydrogens is 236 g/mol. The number of esters is 1. The fourth-order valence-corrected chi connectivity index (χ4v) is 1.78. The highest BCUT2D eigenvalue weighted by atomic mass is 16.7. The topological polar surface area (TPSA) is 64.4 Å². The molecule has 0 saturated carbocycles. The minimum absolute atomic E-state index is 0.268. The Bertz CT molecular complexity index is 416. The number of carbonyl (C=O) groups excluding carboxylic acids is 1. The van der Waals surface area contributed by atoms with Gasteiger partial charge in [-0.05, 0) is 13.8 Å². The van der Waals surface area contributed by atoms with Gasteiger partial charge in [-0.25, -0.2) is 14.3 Å². The monoisotopic (exact) mass is 257 g/mol. The SMILES string of the molecule is CCOC(=O)C(OC)(OCC)c1c[nH]c(C)[n+]1C. The quantitative estimate of drug-likeness (QED) is 0.459. The minimum atomic E-state index is -1.52. The fourth-order valence-electron chi connectivity index (χ4n) is 1.78. The van der Waals surface area contributed by atoms with E-state index in [9.17, 15) is 4.79 Å². The van der Waals surface area contributed by atoms with Gasteiger partial charge in [0.2, 0.25) is 5.69 Å². The van der Waals surface area contributed by atoms with Crippen molar-refractivity contribution in [3.05, 3.63) is 17.7 Å². The van der Waals surface area contributed by atoms with Crippen molar-refractivity contribution in [3.8, 4) is 0 Å². The van der Waals surface area contributed by atoms with Crippen LogP contribution in [-0.4, -0.2) is 31.3 Å². The van der Waals surface area contributed by atoms with Crippen molar-refractivity contribution in [1.82, 2.24) is 4.98 Å². The first-order valence-corrected chi connectivity index (χ1v) is 5.94. The highest BCUT2D eigenvalue weighted by molar-refractivity contribution is 5.78. The Balaban J connectivity index is 3.26. The smallest absolute Gasteiger partial charge is 0.376 e. The highest BCUT2D eigenvalue weighted by Crippen LogP contribution is 2.26. The number of aromatic nitrogens is 2. The molecule has 0 bridgehead atoms. The molecule has 18 heavy (non-hydrogen) atoms. The van der Waals surface area contributed by atoms with Crippen molar-refractivity contribution < 1.29 is 23.6 Å². The van der Waals surface area contributed by atoms with Gasteiger partial charge in [-0.15, -0.1) is 0 Å². The molecule has 6 nitrogen and oxygen atoms in total. The van der Waals surface area contributed by atoms with E-state index in [1.165, 1.54) is 7.11 Å². The molecule has 1 unspecified atom stereocenters. The molecule has 0 spiro atoms. The first-order valence-electron chi connectivity index (χ1n) is 5.94. The van der Waals surface area contributed by atoms with Crippen LogP contribution in [0.4, 0.5) is 0 Å². The van der Waals surface area contributed by atoms with Gasteiger partial charge >= 0.3 is 11.8 Å². The van der Waals surface area contributed by atoms with E-state index in [2.05, 4.69) is 4.98 Å². The number of methoxy groups -OCH3 is 1. The lowest BCUT2D eigenvalue weighted by Crippen LogP contribution is -2.51. The van der Waals surface area contributed by atoms with Gasteiger partial charge in [0.15, 0.2) is 0 Å². The fraction of sp³-hybridized carbons (Fsp3) is 0.667. The predicted molar refractivity (Wildman–Crippen MR) is 63.7 cm³/mol. The molecule has 0 aliphatic carbocycles. The Hall–Kier alpha value is -1.40. The standard InChI is InChI=1S/C12H20N2O4/c1-6-17-11(15)12(16-5,18-7-2)10-8-13-9(3)14(10)4/h8H,6-7H2,1-5H3/p+1. The van der Waals surface area contributed by atoms with Gasteiger partial charge in [0.1, 0.15) is 6.20 Å². The number of H-pyrrole nitrogens is 1. The summed E-state index contributed by atoms with van der Waals surface area (Å²) in [4.78, 5) is 15.2. The third kappa shape index (κ3) is 2.39. The first kappa shape index (κ1) is 14.7. The summed E-state index contributed by atoms with van der Waals surface area (Å²) in [5.41, 5.74) is 0.572. The second kappa shape index (κ2) is 5.97. The number of aryl methyl sites for hydroxylation is 1. The average molecular weight is 257 g/mol. The van der Waals surface area contributed by atoms with Crippen molar-refractivity contribution in [2.24, 2.45) is 7.05 Å². The number of nitrogens with one attached hydrogen (secondary N) is 1. The molecular formula is C12H21N2O4+. The van der Waals surface area contributed by atoms with Gasteiger partial charge in [0.25, 0.3) is 5.82 Å². The Kier molecular flexibility index (Phi) is 4.86. The van der Waals surface area contributed by atoms with E-state index in [0.717, 1.165) is 5.82 Å². The molecule has 1 heterocycles. The molecule has 0 aliphatic heterocycles. The summed E-state index contributed by atoms with van der Waals surface area (Å²) >= 11 is 0. The van der Waals surface area contributed by atoms with E-state index in [4.69, 9.17) is 14.2 Å². The molecule has 1 aromatic heterocycles. The van der Waals surface area contributed by atoms with Crippen LogP contribution in [0.2, 0.25) is 0 Å². The summed E-state index contributed by atoms with van der Waals surface area (Å²) in [7, 11) is 3.25. The van der Waals surface area contributed by atoms with E-state index in [1.807, 2.05) is 14.0 Å². The summed E-state index contributed by atoms with van der Waals surface area (Å²) in [6.07, 6.45) is 1.69. The lowest BCUT2D eigenvalue weighted by Gasteiger charge is -2.26. The Morgan fingerprint density at radius 3 is 2.50 bits per heavy atom. The van der Waals surface area contributed by atoms with Crippen LogP contribution in [0, 0.1) is 6.92 Å². The lowest BCUT2D eigenvalue weighted by molar-refractivity contribution is -0.693. The van der Waals surface area contributed by atoms with Crippen LogP contribution >= 0.6 is 0 Å². The van der Waals surface area contributed by atoms with Crippen LogP contribution in [-0.2, 0) is 31.8 Å². The van der Waals surface area contributed by atoms with Gasteiger partial charge in [-0.3, -0.25) is 0 Å². The molecule has 102 valence electrons. The maximum absolute atomic E-state index is 12.1. The van der Waals surface area contributed by atoms with E-state index in [0.29, 0.717) is 12.3 Å². The number of aromatic amines is 1. The molecule has 0 aromatic carbocycles. The third-order valence-corrected chi connectivity index (χ3v) is 2.80. The molecule has 0 amide bonds. The van der Waals surface area contributed by atoms with E-state index in [-0.39, 0.29) is 6.61 Å². The minimum Gasteiger partial charge on any atom is -0.462 e. The van der Waals surface area contributed by atoms with Crippen LogP contribution in [0.5, 0.6) is 0 Å². The largest absolute Gasteiger partial charge is 0.462 e. The summed E-state index contributed by atoms with van der Waals surface area (Å²) in [6.45, 7) is 6.03. The van der Waals surface area contributed by atoms with Crippen molar-refractivity contribution in [3.63, 3.8) is 0 Å². The zero-order valence-corrected chi connectivity index (χ0v) is 11.6. The zero-order chi connectivity index (χ0) is 13.8. The zero-order valence-electron chi connectivity index (χ0n) is 11.6. The summed E-state index contributed by atoms with van der Waals surface area (Å²) in [6, 6.07) is 0. The first-order chi connectivity index (χ1) is 8.53. The number of carbonyl (C=O) groups is 1. The predicted octanol–water partition coefficient (Wildman–Crippen LogP) is 0.546. The molecule has 6 heteroatoms. The Morgan fingerprint density at radius 1 is 1.44 bits per heavy atom. The van der Waals surface area contributed by atoms with Gasteiger partial charge in [0, 0.05) is 20.6 Å². The van der Waals surface area contributed by atoms with E-state index < -0.39 is 11.8 Å². The summed E-state index contributed by atoms with van der Waals surface area (Å²) < 4.78 is 17.7. The van der Waals surface area contributed by atoms with Crippen LogP contribution in [0.25, 0.3) is 0 Å². The van der Waals surface area contributed by atoms with Crippen LogP contribution in [0.1, 0.15) is 25.4 Å². The number of hydrogen-bond acceptors (Lipinski definition) is 4. The van der Waals surface area contributed by atoms with Crippen LogP contribution in [0.3, 0.4) is 0 Å². The molecule has 1 rings (SSSR count). The summed E-state index contributed by atoms with van der Waals surface area (Å²) in [5, 5.41) is 0.